The first-order valence-corrected chi connectivity index (χ1v) is 6.98. The Morgan fingerprint density at radius 1 is 0.947 bits per heavy atom. The first-order valence-electron chi connectivity index (χ1n) is 5.39. The van der Waals surface area contributed by atoms with Crippen LogP contribution >= 0.6 is 31.9 Å². The molecule has 0 radical (unpaired) electrons. The molecule has 5 heteroatoms. The number of ketones is 1. The number of halogens is 4. The van der Waals surface area contributed by atoms with Gasteiger partial charge in [0.15, 0.2) is 5.78 Å². The van der Waals surface area contributed by atoms with Crippen LogP contribution in [0.5, 0.6) is 0 Å². The highest BCUT2D eigenvalue weighted by atomic mass is 79.9. The Morgan fingerprint density at radius 3 is 2.26 bits per heavy atom. The van der Waals surface area contributed by atoms with Crippen LogP contribution in [0.15, 0.2) is 45.3 Å². The topological polar surface area (TPSA) is 17.1 Å². The largest absolute Gasteiger partial charge is 0.294 e. The number of carbonyl (C=O) groups excluding carboxylic acids is 1. The van der Waals surface area contributed by atoms with Crippen LogP contribution in [0.25, 0.3) is 0 Å². The van der Waals surface area contributed by atoms with Gasteiger partial charge in [0.2, 0.25) is 0 Å². The van der Waals surface area contributed by atoms with Crippen LogP contribution in [0.1, 0.15) is 15.9 Å². The van der Waals surface area contributed by atoms with Gasteiger partial charge in [0, 0.05) is 20.9 Å². The number of rotatable bonds is 3. The minimum Gasteiger partial charge on any atom is -0.294 e. The fraction of sp³-hybridized carbons (Fsp3) is 0.0714. The van der Waals surface area contributed by atoms with Gasteiger partial charge in [-0.15, -0.1) is 0 Å². The number of hydrogen-bond acceptors (Lipinski definition) is 1. The summed E-state index contributed by atoms with van der Waals surface area (Å²) in [6.45, 7) is 0. The Balaban J connectivity index is 2.28. The number of Topliss-reactive ketones (excluding diaryl/α,β-unsaturated/α-hetero) is 1. The minimum absolute atomic E-state index is 0.0442. The third-order valence-electron chi connectivity index (χ3n) is 2.59. The average molecular weight is 390 g/mol. The third kappa shape index (κ3) is 3.48. The highest BCUT2D eigenvalue weighted by Crippen LogP contribution is 2.23. The maximum atomic E-state index is 13.1. The maximum absolute atomic E-state index is 13.1. The van der Waals surface area contributed by atoms with E-state index in [1.54, 1.807) is 6.07 Å². The van der Waals surface area contributed by atoms with Gasteiger partial charge in [0.1, 0.15) is 11.6 Å². The van der Waals surface area contributed by atoms with Crippen molar-refractivity contribution in [3.05, 3.63) is 68.1 Å². The fourth-order valence-electron chi connectivity index (χ4n) is 1.66. The van der Waals surface area contributed by atoms with Gasteiger partial charge < -0.3 is 0 Å². The van der Waals surface area contributed by atoms with Gasteiger partial charge in [0.05, 0.1) is 0 Å². The molecule has 2 aromatic carbocycles. The minimum atomic E-state index is -0.421. The lowest BCUT2D eigenvalue weighted by Gasteiger charge is -2.06. The Morgan fingerprint density at radius 2 is 1.58 bits per heavy atom. The van der Waals surface area contributed by atoms with Gasteiger partial charge in [-0.05, 0) is 57.9 Å². The predicted molar refractivity (Wildman–Crippen MR) is 76.2 cm³/mol. The van der Waals surface area contributed by atoms with Crippen molar-refractivity contribution in [2.75, 3.05) is 0 Å². The first-order chi connectivity index (χ1) is 8.97. The molecule has 0 atom stereocenters. The molecular weight excluding hydrogens is 382 g/mol. The van der Waals surface area contributed by atoms with Gasteiger partial charge in [-0.25, -0.2) is 8.78 Å². The van der Waals surface area contributed by atoms with Crippen LogP contribution in [0.4, 0.5) is 8.78 Å². The van der Waals surface area contributed by atoms with E-state index < -0.39 is 11.6 Å². The SMILES string of the molecule is O=C(Cc1cc(F)ccc1Br)c1ccc(F)cc1Br. The second-order valence-corrected chi connectivity index (χ2v) is 5.67. The van der Waals surface area contributed by atoms with E-state index in [0.717, 1.165) is 0 Å². The van der Waals surface area contributed by atoms with Crippen LogP contribution in [0.2, 0.25) is 0 Å². The van der Waals surface area contributed by atoms with Crippen molar-refractivity contribution >= 4 is 37.6 Å². The van der Waals surface area contributed by atoms with Crippen molar-refractivity contribution in [1.82, 2.24) is 0 Å². The average Bonchev–Trinajstić information content (AvgIpc) is 2.33. The molecule has 19 heavy (non-hydrogen) atoms. The molecule has 98 valence electrons. The van der Waals surface area contributed by atoms with Crippen LogP contribution < -0.4 is 0 Å². The molecule has 0 fully saturated rings. The lowest BCUT2D eigenvalue weighted by molar-refractivity contribution is 0.0992. The molecule has 2 aromatic rings. The summed E-state index contributed by atoms with van der Waals surface area (Å²) in [7, 11) is 0. The van der Waals surface area contributed by atoms with Gasteiger partial charge in [-0.2, -0.15) is 0 Å². The molecule has 0 heterocycles. The highest BCUT2D eigenvalue weighted by molar-refractivity contribution is 9.10. The summed E-state index contributed by atoms with van der Waals surface area (Å²) in [5.41, 5.74) is 0.929. The molecule has 0 unspecified atom stereocenters. The highest BCUT2D eigenvalue weighted by Gasteiger charge is 2.13. The monoisotopic (exact) mass is 388 g/mol. The molecule has 0 aliphatic carbocycles. The van der Waals surface area contributed by atoms with Crippen molar-refractivity contribution in [2.24, 2.45) is 0 Å². The first kappa shape index (κ1) is 14.3. The molecular formula is C14H8Br2F2O. The zero-order chi connectivity index (χ0) is 14.0. The van der Waals surface area contributed by atoms with Gasteiger partial charge in [0.25, 0.3) is 0 Å². The van der Waals surface area contributed by atoms with Gasteiger partial charge in [-0.1, -0.05) is 15.9 Å². The van der Waals surface area contributed by atoms with E-state index in [9.17, 15) is 13.6 Å². The number of hydrogen-bond donors (Lipinski definition) is 0. The molecule has 0 N–H and O–H groups in total. The zero-order valence-electron chi connectivity index (χ0n) is 9.59. The van der Waals surface area contributed by atoms with Gasteiger partial charge in [-0.3, -0.25) is 4.79 Å². The summed E-state index contributed by atoms with van der Waals surface area (Å²) in [4.78, 5) is 12.1. The van der Waals surface area contributed by atoms with E-state index in [2.05, 4.69) is 31.9 Å². The fourth-order valence-corrected chi connectivity index (χ4v) is 2.62. The molecule has 0 saturated carbocycles. The summed E-state index contributed by atoms with van der Waals surface area (Å²) in [6, 6.07) is 8.03. The summed E-state index contributed by atoms with van der Waals surface area (Å²) in [6.07, 6.45) is 0.0442. The number of carbonyl (C=O) groups is 1. The van der Waals surface area contributed by atoms with Crippen molar-refractivity contribution in [3.63, 3.8) is 0 Å². The molecule has 0 amide bonds. The molecule has 1 nitrogen and oxygen atoms in total. The zero-order valence-corrected chi connectivity index (χ0v) is 12.8. The molecule has 0 aliphatic heterocycles. The van der Waals surface area contributed by atoms with E-state index in [1.165, 1.54) is 30.3 Å². The quantitative estimate of drug-likeness (QED) is 0.681. The van der Waals surface area contributed by atoms with Crippen LogP contribution in [0.3, 0.4) is 0 Å². The summed E-state index contributed by atoms with van der Waals surface area (Å²) in [5, 5.41) is 0. The Kier molecular flexibility index (Phi) is 4.47. The number of benzene rings is 2. The lowest BCUT2D eigenvalue weighted by atomic mass is 10.0. The summed E-state index contributed by atoms with van der Waals surface area (Å²) < 4.78 is 27.2. The van der Waals surface area contributed by atoms with E-state index in [-0.39, 0.29) is 12.2 Å². The Labute approximate surface area is 125 Å². The standard InChI is InChI=1S/C14H8Br2F2O/c15-12-4-2-9(17)5-8(12)6-14(19)11-3-1-10(18)7-13(11)16/h1-5,7H,6H2. The van der Waals surface area contributed by atoms with Crippen molar-refractivity contribution < 1.29 is 13.6 Å². The van der Waals surface area contributed by atoms with E-state index in [1.807, 2.05) is 0 Å². The Hall–Kier alpha value is -1.07. The van der Waals surface area contributed by atoms with Crippen LogP contribution in [-0.2, 0) is 6.42 Å². The molecule has 0 spiro atoms. The molecule has 0 aromatic heterocycles. The van der Waals surface area contributed by atoms with E-state index >= 15 is 0 Å². The third-order valence-corrected chi connectivity index (χ3v) is 4.02. The summed E-state index contributed by atoms with van der Waals surface area (Å²) >= 11 is 6.42. The predicted octanol–water partition coefficient (Wildman–Crippen LogP) is 4.92. The van der Waals surface area contributed by atoms with Crippen molar-refractivity contribution in [2.45, 2.75) is 6.42 Å². The van der Waals surface area contributed by atoms with E-state index in [4.69, 9.17) is 0 Å². The molecule has 2 rings (SSSR count). The normalized spacial score (nSPS) is 10.5. The summed E-state index contributed by atoms with van der Waals surface area (Å²) in [5.74, 6) is -1.03. The van der Waals surface area contributed by atoms with Crippen molar-refractivity contribution in [1.29, 1.82) is 0 Å². The Bertz CT molecular complexity index is 641. The molecule has 0 bridgehead atoms. The smallest absolute Gasteiger partial charge is 0.168 e. The van der Waals surface area contributed by atoms with Crippen LogP contribution in [-0.4, -0.2) is 5.78 Å². The van der Waals surface area contributed by atoms with Crippen molar-refractivity contribution in [3.8, 4) is 0 Å². The van der Waals surface area contributed by atoms with Crippen LogP contribution in [0, 0.1) is 11.6 Å². The van der Waals surface area contributed by atoms with E-state index in [0.29, 0.717) is 20.1 Å². The second-order valence-electron chi connectivity index (χ2n) is 3.96. The van der Waals surface area contributed by atoms with Gasteiger partial charge >= 0.3 is 0 Å². The molecule has 0 saturated heterocycles. The maximum Gasteiger partial charge on any atom is 0.168 e. The second kappa shape index (κ2) is 5.92. The molecule has 0 aliphatic rings. The lowest BCUT2D eigenvalue weighted by Crippen LogP contribution is -2.05.